The van der Waals surface area contributed by atoms with Gasteiger partial charge in [-0.1, -0.05) is 135 Å². The molecule has 0 spiro atoms. The van der Waals surface area contributed by atoms with Crippen molar-refractivity contribution in [1.82, 2.24) is 8.47 Å². The quantitative estimate of drug-likeness (QED) is 0.0416. The fourth-order valence-corrected chi connectivity index (χ4v) is 28.2. The molecule has 14 aromatic rings. The first-order valence-electron chi connectivity index (χ1n) is 33.7. The van der Waals surface area contributed by atoms with Crippen LogP contribution in [0.25, 0.3) is 108 Å². The molecular weight excluding hydrogens is 1210 g/mol. The van der Waals surface area contributed by atoms with Gasteiger partial charge in [0, 0.05) is 43.8 Å². The topological polar surface area (TPSA) is 102 Å². The lowest BCUT2D eigenvalue weighted by Crippen LogP contribution is -2.70. The molecule has 0 unspecified atom stereocenters. The van der Waals surface area contributed by atoms with Gasteiger partial charge in [-0.25, -0.2) is 30.0 Å². The Kier molecular flexibility index (Phi) is 13.4. The molecule has 2 aromatic heterocycles. The molecule has 6 heterocycles. The van der Waals surface area contributed by atoms with Crippen LogP contribution in [0.15, 0.2) is 249 Å². The van der Waals surface area contributed by atoms with Crippen molar-refractivity contribution < 1.29 is 8.23 Å². The highest BCUT2D eigenvalue weighted by Gasteiger charge is 2.58. The molecule has 4 aliphatic heterocycles. The first-order valence-corrected chi connectivity index (χ1v) is 41.7. The number of benzene rings is 12. The maximum absolute atomic E-state index is 8.87. The molecule has 0 amide bonds. The van der Waals surface area contributed by atoms with Crippen LogP contribution in [0.1, 0.15) is 73.6 Å². The van der Waals surface area contributed by atoms with Crippen molar-refractivity contribution in [2.75, 3.05) is 0 Å². The zero-order chi connectivity index (χ0) is 63.9. The molecule has 6 bridgehead atoms. The zero-order valence-electron chi connectivity index (χ0n) is 54.0. The number of nitrogens with zero attached hydrogens (tertiary/aromatic N) is 8. The fraction of sp³-hybridized carbons (Fsp3) is 0.171. The maximum Gasteiger partial charge on any atom is 0.582 e. The van der Waals surface area contributed by atoms with Gasteiger partial charge in [0.05, 0.1) is 0 Å². The number of hydrogen-bond donors (Lipinski definition) is 0. The van der Waals surface area contributed by atoms with E-state index in [1.165, 1.54) is 21.5 Å². The van der Waals surface area contributed by atoms with E-state index >= 15 is 0 Å². The smallest absolute Gasteiger partial charge is 0.404 e. The Morgan fingerprint density at radius 3 is 0.916 bits per heavy atom. The second kappa shape index (κ2) is 22.1. The van der Waals surface area contributed by atoms with E-state index < -0.39 is 25.5 Å². The van der Waals surface area contributed by atoms with E-state index in [4.69, 9.17) is 38.2 Å². The summed E-state index contributed by atoms with van der Waals surface area (Å²) < 4.78 is 22.5. The number of rotatable bonds is 16. The molecule has 0 fully saturated rings. The van der Waals surface area contributed by atoms with Crippen molar-refractivity contribution in [1.29, 1.82) is 0 Å². The van der Waals surface area contributed by atoms with Crippen molar-refractivity contribution in [3.63, 3.8) is 0 Å². The molecule has 13 heteroatoms. The summed E-state index contributed by atoms with van der Waals surface area (Å²) in [5, 5.41) is 21.6. The Labute approximate surface area is 553 Å². The highest BCUT2D eigenvalue weighted by atomic mass is 28.5. The van der Waals surface area contributed by atoms with Gasteiger partial charge in [0.1, 0.15) is 22.6 Å². The number of hydrogen-bond acceptors (Lipinski definition) is 8. The minimum absolute atomic E-state index is 0.566. The Hall–Kier alpha value is -9.87. The summed E-state index contributed by atoms with van der Waals surface area (Å²) in [5.74, 6) is 3.59. The monoisotopic (exact) mass is 1280 g/mol. The van der Waals surface area contributed by atoms with E-state index in [2.05, 4.69) is 242 Å². The summed E-state index contributed by atoms with van der Waals surface area (Å²) >= 11 is 0. The standard InChI is InChI=1S/C82H70N8O2Si3/c1-7-9-11-13-23-33-93(3,4)91-95(92-94(5,6)34-24-14-12-10-8-2)89-79-71-47-63-39-55-29-19-20-30-56(55)40-64(63)48-72(71)81(89)87-77-69-45-61-37-53-27-17-18-28-54(53)38-62(61)46-70(69)78(84-77)88-82-74-50-66-42-58-32-22-21-31-57(58)41-65(66)49-73(74)80(90(82)95)86-76-68-44-60-36-52-26-16-15-25-51(52)35-59(60)43-67(68)75(83-76)85-79/h7-8,15-22,25-32,35-50H,1-2,9-14,23-24,33-34H2,3-6H3. The molecule has 0 N–H and O–H groups in total. The molecule has 12 aromatic carbocycles. The van der Waals surface area contributed by atoms with Crippen molar-refractivity contribution >= 4 is 168 Å². The highest BCUT2D eigenvalue weighted by Crippen LogP contribution is 2.48. The normalized spacial score (nSPS) is 14.8. The Morgan fingerprint density at radius 1 is 0.326 bits per heavy atom. The van der Waals surface area contributed by atoms with E-state index in [0.29, 0.717) is 46.0 Å². The van der Waals surface area contributed by atoms with Crippen LogP contribution in [-0.4, -0.2) is 57.3 Å². The van der Waals surface area contributed by atoms with Crippen LogP contribution in [0.4, 0.5) is 11.6 Å². The predicted octanol–water partition coefficient (Wildman–Crippen LogP) is 20.5. The molecule has 0 atom stereocenters. The molecule has 0 saturated carbocycles. The average molecular weight is 1280 g/mol. The molecule has 0 saturated heterocycles. The Bertz CT molecular complexity index is 5660. The summed E-state index contributed by atoms with van der Waals surface area (Å²) in [6.45, 7) is 17.8. The van der Waals surface area contributed by atoms with E-state index in [9.17, 15) is 0 Å². The van der Waals surface area contributed by atoms with Gasteiger partial charge in [-0.2, -0.15) is 0 Å². The van der Waals surface area contributed by atoms with Gasteiger partial charge in [-0.3, -0.25) is 8.47 Å². The van der Waals surface area contributed by atoms with E-state index in [0.717, 1.165) is 172 Å². The van der Waals surface area contributed by atoms with E-state index in [1.54, 1.807) is 0 Å². The third-order valence-corrected chi connectivity index (χ3v) is 31.8. The molecular formula is C82H70N8O2Si3. The SMILES string of the molecule is C=CCCCCC[Si](C)(C)O[Si]1(O[Si](C)(C)CCCCCC=C)n2c3c4cc5cc6ccccc6cc5cc4c2N=C2N=C(N=c4c5cc6cc7ccccc7cc6cc5c(n41)=NC1=NC(=N3)c3cc4cc5ccccc5cc4cc31)c1cc3cc4ccccc4cc3cc12. The lowest BCUT2D eigenvalue weighted by atomic mass is 9.98. The minimum atomic E-state index is -4.63. The summed E-state index contributed by atoms with van der Waals surface area (Å²) in [5.41, 5.74) is 4.93. The largest absolute Gasteiger partial charge is 0.582 e. The van der Waals surface area contributed by atoms with Crippen LogP contribution in [0.3, 0.4) is 0 Å². The third kappa shape index (κ3) is 9.68. The number of aliphatic imine (C=N–C) groups is 4. The van der Waals surface area contributed by atoms with E-state index in [1.807, 2.05) is 12.2 Å². The lowest BCUT2D eigenvalue weighted by Gasteiger charge is -2.43. The highest BCUT2D eigenvalue weighted by molar-refractivity contribution is 6.88. The predicted molar refractivity (Wildman–Crippen MR) is 405 cm³/mol. The van der Waals surface area contributed by atoms with Crippen LogP contribution >= 0.6 is 0 Å². The summed E-state index contributed by atoms with van der Waals surface area (Å²) in [6.07, 6.45) is 12.2. The molecule has 4 aliphatic rings. The van der Waals surface area contributed by atoms with Crippen LogP contribution in [-0.2, 0) is 8.23 Å². The molecule has 10 nitrogen and oxygen atoms in total. The number of aromatic nitrogens is 2. The number of amidine groups is 4. The van der Waals surface area contributed by atoms with Gasteiger partial charge < -0.3 is 8.23 Å². The molecule has 18 rings (SSSR count). The Morgan fingerprint density at radius 2 is 0.611 bits per heavy atom. The van der Waals surface area contributed by atoms with Crippen LogP contribution in [0.2, 0.25) is 38.3 Å². The molecule has 462 valence electrons. The van der Waals surface area contributed by atoms with Gasteiger partial charge in [-0.15, -0.1) is 13.2 Å². The van der Waals surface area contributed by atoms with E-state index in [-0.39, 0.29) is 0 Å². The van der Waals surface area contributed by atoms with Gasteiger partial charge in [0.15, 0.2) is 40.0 Å². The van der Waals surface area contributed by atoms with Crippen LogP contribution < -0.4 is 11.0 Å². The van der Waals surface area contributed by atoms with Crippen molar-refractivity contribution in [3.8, 4) is 0 Å². The van der Waals surface area contributed by atoms with Crippen molar-refractivity contribution in [2.24, 2.45) is 30.0 Å². The van der Waals surface area contributed by atoms with Gasteiger partial charge in [0.25, 0.3) is 0 Å². The first kappa shape index (κ1) is 57.8. The number of unbranched alkanes of at least 4 members (excludes halogenated alkanes) is 6. The zero-order valence-corrected chi connectivity index (χ0v) is 57.0. The first-order chi connectivity index (χ1) is 46.3. The average Bonchev–Trinajstić information content (AvgIpc) is 1.53. The lowest BCUT2D eigenvalue weighted by molar-refractivity contribution is 0.333. The van der Waals surface area contributed by atoms with Gasteiger partial charge in [0.2, 0.25) is 0 Å². The second-order valence-electron chi connectivity index (χ2n) is 27.8. The molecule has 0 radical (unpaired) electrons. The summed E-state index contributed by atoms with van der Waals surface area (Å²) in [6, 6.07) is 73.2. The molecule has 0 aliphatic carbocycles. The van der Waals surface area contributed by atoms with Crippen molar-refractivity contribution in [3.05, 3.63) is 253 Å². The maximum atomic E-state index is 8.87. The van der Waals surface area contributed by atoms with Crippen LogP contribution in [0, 0.1) is 0 Å². The third-order valence-electron chi connectivity index (χ3n) is 20.2. The summed E-state index contributed by atoms with van der Waals surface area (Å²) in [4.78, 5) is 36.0. The van der Waals surface area contributed by atoms with Crippen LogP contribution in [0.5, 0.6) is 0 Å². The summed E-state index contributed by atoms with van der Waals surface area (Å²) in [7, 11) is -10.5. The van der Waals surface area contributed by atoms with Crippen molar-refractivity contribution in [2.45, 2.75) is 89.6 Å². The molecule has 95 heavy (non-hydrogen) atoms. The fourth-order valence-electron chi connectivity index (χ4n) is 15.4. The second-order valence-corrected chi connectivity index (χ2v) is 39.4. The van der Waals surface area contributed by atoms with Gasteiger partial charge in [-0.05, 0) is 247 Å². The van der Waals surface area contributed by atoms with Gasteiger partial charge >= 0.3 is 8.88 Å². The minimum Gasteiger partial charge on any atom is -0.404 e. The number of allylic oxidation sites excluding steroid dienone is 2. The Balaban J connectivity index is 1.06. The number of fused-ring (bicyclic) bond motifs is 22.